The number of anilines is 2. The van der Waals surface area contributed by atoms with Gasteiger partial charge in [-0.1, -0.05) is 56.3 Å². The minimum absolute atomic E-state index is 0.0109. The van der Waals surface area contributed by atoms with Crippen LogP contribution in [0, 0.1) is 5.92 Å². The average molecular weight is 391 g/mol. The van der Waals surface area contributed by atoms with E-state index in [0.29, 0.717) is 11.9 Å². The highest BCUT2D eigenvalue weighted by atomic mass is 16.5. The average Bonchev–Trinajstić information content (AvgIpc) is 3.16. The van der Waals surface area contributed by atoms with Gasteiger partial charge in [0.2, 0.25) is 11.9 Å². The zero-order chi connectivity index (χ0) is 20.4. The van der Waals surface area contributed by atoms with Crippen molar-refractivity contribution in [1.82, 2.24) is 14.8 Å². The quantitative estimate of drug-likeness (QED) is 0.686. The molecule has 0 aliphatic carbocycles. The molecule has 7 nitrogen and oxygen atoms in total. The topological polar surface area (TPSA) is 81.1 Å². The molecule has 2 N–H and O–H groups in total. The van der Waals surface area contributed by atoms with E-state index in [9.17, 15) is 4.79 Å². The van der Waals surface area contributed by atoms with Gasteiger partial charge in [0.25, 0.3) is 5.95 Å². The number of methoxy groups -OCH3 is 1. The Morgan fingerprint density at radius 1 is 1.14 bits per heavy atom. The lowest BCUT2D eigenvalue weighted by Crippen LogP contribution is -2.28. The maximum Gasteiger partial charge on any atom is 0.250 e. The first-order chi connectivity index (χ1) is 14.0. The SMILES string of the molecule is COc1ccc(C2CC(c3ccccc3)n3nc(NC(=O)C(C)C)nc3N2)cc1. The predicted octanol–water partition coefficient (Wildman–Crippen LogP) is 4.03. The Hall–Kier alpha value is -3.35. The van der Waals surface area contributed by atoms with Crippen molar-refractivity contribution in [3.63, 3.8) is 0 Å². The zero-order valence-corrected chi connectivity index (χ0v) is 16.8. The van der Waals surface area contributed by atoms with Crippen molar-refractivity contribution in [1.29, 1.82) is 0 Å². The van der Waals surface area contributed by atoms with Crippen molar-refractivity contribution in [2.24, 2.45) is 5.92 Å². The van der Waals surface area contributed by atoms with Gasteiger partial charge in [0.15, 0.2) is 0 Å². The van der Waals surface area contributed by atoms with Crippen LogP contribution in [0.4, 0.5) is 11.9 Å². The number of nitrogens with one attached hydrogen (secondary N) is 2. The van der Waals surface area contributed by atoms with Gasteiger partial charge in [0, 0.05) is 5.92 Å². The molecule has 1 aromatic heterocycles. The van der Waals surface area contributed by atoms with Crippen molar-refractivity contribution in [3.8, 4) is 5.75 Å². The number of hydrogen-bond acceptors (Lipinski definition) is 5. The smallest absolute Gasteiger partial charge is 0.250 e. The molecule has 1 aliphatic heterocycles. The number of nitrogens with zero attached hydrogens (tertiary/aromatic N) is 3. The molecule has 0 spiro atoms. The Morgan fingerprint density at radius 3 is 2.52 bits per heavy atom. The summed E-state index contributed by atoms with van der Waals surface area (Å²) in [5.41, 5.74) is 2.30. The molecular weight excluding hydrogens is 366 g/mol. The van der Waals surface area contributed by atoms with Crippen LogP contribution in [0.25, 0.3) is 0 Å². The van der Waals surface area contributed by atoms with Gasteiger partial charge in [0.1, 0.15) is 5.75 Å². The Morgan fingerprint density at radius 2 is 1.86 bits per heavy atom. The van der Waals surface area contributed by atoms with E-state index < -0.39 is 0 Å². The molecular formula is C22H25N5O2. The van der Waals surface area contributed by atoms with Gasteiger partial charge in [-0.05, 0) is 29.7 Å². The monoisotopic (exact) mass is 391 g/mol. The maximum absolute atomic E-state index is 12.1. The fourth-order valence-corrected chi connectivity index (χ4v) is 3.49. The standard InChI is InChI=1S/C22H25N5O2/c1-14(2)20(28)24-21-25-22-23-18(15-9-11-17(29-3)12-10-15)13-19(27(22)26-21)16-7-5-4-6-8-16/h4-12,14,18-19H,13H2,1-3H3,(H2,23,24,25,26,28). The Bertz CT molecular complexity index is 982. The summed E-state index contributed by atoms with van der Waals surface area (Å²) in [5, 5.41) is 10.8. The van der Waals surface area contributed by atoms with Crippen LogP contribution in [0.5, 0.6) is 5.75 Å². The molecule has 2 unspecified atom stereocenters. The molecule has 150 valence electrons. The van der Waals surface area contributed by atoms with E-state index in [1.807, 2.05) is 48.9 Å². The number of rotatable bonds is 5. The number of fused-ring (bicyclic) bond motifs is 1. The van der Waals surface area contributed by atoms with Gasteiger partial charge in [-0.3, -0.25) is 10.1 Å². The highest BCUT2D eigenvalue weighted by Gasteiger charge is 2.31. The maximum atomic E-state index is 12.1. The van der Waals surface area contributed by atoms with Crippen LogP contribution >= 0.6 is 0 Å². The van der Waals surface area contributed by atoms with Crippen LogP contribution in [-0.4, -0.2) is 27.8 Å². The third kappa shape index (κ3) is 3.94. The van der Waals surface area contributed by atoms with Crippen molar-refractivity contribution in [2.75, 3.05) is 17.7 Å². The molecule has 1 aliphatic rings. The minimum Gasteiger partial charge on any atom is -0.497 e. The highest BCUT2D eigenvalue weighted by Crippen LogP contribution is 2.38. The summed E-state index contributed by atoms with van der Waals surface area (Å²) in [6.07, 6.45) is 0.810. The van der Waals surface area contributed by atoms with Crippen molar-refractivity contribution in [2.45, 2.75) is 32.4 Å². The lowest BCUT2D eigenvalue weighted by atomic mass is 9.93. The number of carbonyl (C=O) groups excluding carboxylic acids is 1. The van der Waals surface area contributed by atoms with E-state index in [4.69, 9.17) is 4.74 Å². The van der Waals surface area contributed by atoms with Crippen LogP contribution in [0.3, 0.4) is 0 Å². The molecule has 2 aromatic carbocycles. The van der Waals surface area contributed by atoms with Crippen LogP contribution in [0.1, 0.15) is 43.5 Å². The van der Waals surface area contributed by atoms with E-state index >= 15 is 0 Å². The minimum atomic E-state index is -0.138. The number of hydrogen-bond donors (Lipinski definition) is 2. The third-order valence-electron chi connectivity index (χ3n) is 5.15. The molecule has 0 saturated carbocycles. The van der Waals surface area contributed by atoms with Crippen molar-refractivity contribution in [3.05, 3.63) is 65.7 Å². The van der Waals surface area contributed by atoms with Gasteiger partial charge in [-0.15, -0.1) is 5.10 Å². The lowest BCUT2D eigenvalue weighted by Gasteiger charge is -2.31. The zero-order valence-electron chi connectivity index (χ0n) is 16.8. The van der Waals surface area contributed by atoms with Crippen LogP contribution in [0.2, 0.25) is 0 Å². The Labute approximate surface area is 170 Å². The van der Waals surface area contributed by atoms with Gasteiger partial charge in [-0.25, -0.2) is 4.68 Å². The number of amides is 1. The molecule has 0 radical (unpaired) electrons. The second-order valence-electron chi connectivity index (χ2n) is 7.48. The number of aromatic nitrogens is 3. The number of ether oxygens (including phenoxy) is 1. The second-order valence-corrected chi connectivity index (χ2v) is 7.48. The number of benzene rings is 2. The van der Waals surface area contributed by atoms with E-state index in [1.165, 1.54) is 0 Å². The summed E-state index contributed by atoms with van der Waals surface area (Å²) < 4.78 is 7.14. The summed E-state index contributed by atoms with van der Waals surface area (Å²) in [6, 6.07) is 18.4. The molecule has 2 heterocycles. The highest BCUT2D eigenvalue weighted by molar-refractivity contribution is 5.90. The first kappa shape index (κ1) is 19.0. The molecule has 7 heteroatoms. The molecule has 0 bridgehead atoms. The molecule has 1 amide bonds. The Kier molecular flexibility index (Phi) is 5.20. The third-order valence-corrected chi connectivity index (χ3v) is 5.15. The summed E-state index contributed by atoms with van der Waals surface area (Å²) in [4.78, 5) is 16.6. The van der Waals surface area contributed by atoms with Crippen LogP contribution in [0.15, 0.2) is 54.6 Å². The number of carbonyl (C=O) groups is 1. The summed E-state index contributed by atoms with van der Waals surface area (Å²) in [5.74, 6) is 1.55. The molecule has 2 atom stereocenters. The van der Waals surface area contributed by atoms with Crippen LogP contribution < -0.4 is 15.4 Å². The second kappa shape index (κ2) is 7.95. The van der Waals surface area contributed by atoms with E-state index in [2.05, 4.69) is 45.0 Å². The largest absolute Gasteiger partial charge is 0.497 e. The fourth-order valence-electron chi connectivity index (χ4n) is 3.49. The molecule has 4 rings (SSSR count). The first-order valence-corrected chi connectivity index (χ1v) is 9.78. The molecule has 29 heavy (non-hydrogen) atoms. The molecule has 3 aromatic rings. The van der Waals surface area contributed by atoms with Gasteiger partial charge >= 0.3 is 0 Å². The van der Waals surface area contributed by atoms with Crippen molar-refractivity contribution >= 4 is 17.8 Å². The molecule has 0 saturated heterocycles. The summed E-state index contributed by atoms with van der Waals surface area (Å²) in [6.45, 7) is 3.69. The Balaban J connectivity index is 1.69. The van der Waals surface area contributed by atoms with Crippen molar-refractivity contribution < 1.29 is 9.53 Å². The van der Waals surface area contributed by atoms with E-state index in [0.717, 1.165) is 23.3 Å². The molecule has 0 fully saturated rings. The van der Waals surface area contributed by atoms with E-state index in [1.54, 1.807) is 7.11 Å². The lowest BCUT2D eigenvalue weighted by molar-refractivity contribution is -0.118. The van der Waals surface area contributed by atoms with Crippen LogP contribution in [-0.2, 0) is 4.79 Å². The predicted molar refractivity (Wildman–Crippen MR) is 112 cm³/mol. The van der Waals surface area contributed by atoms with Gasteiger partial charge in [-0.2, -0.15) is 4.98 Å². The first-order valence-electron chi connectivity index (χ1n) is 9.78. The summed E-state index contributed by atoms with van der Waals surface area (Å²) >= 11 is 0. The fraction of sp³-hybridized carbons (Fsp3) is 0.318. The normalized spacial score (nSPS) is 18.1. The van der Waals surface area contributed by atoms with E-state index in [-0.39, 0.29) is 23.9 Å². The van der Waals surface area contributed by atoms with Gasteiger partial charge in [0.05, 0.1) is 19.2 Å². The van der Waals surface area contributed by atoms with Gasteiger partial charge < -0.3 is 10.1 Å². The summed E-state index contributed by atoms with van der Waals surface area (Å²) in [7, 11) is 1.66.